The normalized spacial score (nSPS) is 22.6. The van der Waals surface area contributed by atoms with E-state index in [1.54, 1.807) is 4.57 Å². The fourth-order valence-corrected chi connectivity index (χ4v) is 3.96. The first-order chi connectivity index (χ1) is 9.58. The van der Waals surface area contributed by atoms with Crippen LogP contribution in [-0.4, -0.2) is 27.5 Å². The number of aromatic nitrogens is 1. The molecule has 1 fully saturated rings. The van der Waals surface area contributed by atoms with Crippen molar-refractivity contribution in [3.63, 3.8) is 0 Å². The van der Waals surface area contributed by atoms with Crippen molar-refractivity contribution in [3.8, 4) is 0 Å². The molecule has 0 N–H and O–H groups in total. The van der Waals surface area contributed by atoms with Gasteiger partial charge in [-0.15, -0.1) is 0 Å². The summed E-state index contributed by atoms with van der Waals surface area (Å²) in [6, 6.07) is 8.18. The third-order valence-electron chi connectivity index (χ3n) is 4.11. The summed E-state index contributed by atoms with van der Waals surface area (Å²) in [4.78, 5) is 26.4. The molecule has 0 saturated carbocycles. The molecule has 1 aliphatic rings. The number of thiazole rings is 1. The summed E-state index contributed by atoms with van der Waals surface area (Å²) in [6.45, 7) is 4.31. The molecule has 2 unspecified atom stereocenters. The number of rotatable bonds is 2. The van der Waals surface area contributed by atoms with Crippen molar-refractivity contribution >= 4 is 27.5 Å². The van der Waals surface area contributed by atoms with E-state index < -0.39 is 0 Å². The topological polar surface area (TPSA) is 42.3 Å². The zero-order chi connectivity index (χ0) is 14.3. The molecule has 3 rings (SSSR count). The third kappa shape index (κ3) is 2.16. The van der Waals surface area contributed by atoms with Gasteiger partial charge in [-0.05, 0) is 38.8 Å². The van der Waals surface area contributed by atoms with Gasteiger partial charge in [-0.2, -0.15) is 0 Å². The number of carbonyl (C=O) groups is 1. The van der Waals surface area contributed by atoms with Gasteiger partial charge in [0.15, 0.2) is 0 Å². The monoisotopic (exact) mass is 290 g/mol. The van der Waals surface area contributed by atoms with Gasteiger partial charge in [0.05, 0.1) is 10.2 Å². The Morgan fingerprint density at radius 3 is 2.60 bits per heavy atom. The number of benzene rings is 1. The van der Waals surface area contributed by atoms with E-state index in [1.165, 1.54) is 11.3 Å². The van der Waals surface area contributed by atoms with Crippen LogP contribution in [-0.2, 0) is 11.3 Å². The molecule has 4 nitrogen and oxygen atoms in total. The Hall–Kier alpha value is -1.62. The Kier molecular flexibility index (Phi) is 3.38. The summed E-state index contributed by atoms with van der Waals surface area (Å²) in [5, 5.41) is 0. The summed E-state index contributed by atoms with van der Waals surface area (Å²) in [5.41, 5.74) is 0.857. The van der Waals surface area contributed by atoms with Crippen LogP contribution in [0.3, 0.4) is 0 Å². The number of carbonyl (C=O) groups excluding carboxylic acids is 1. The van der Waals surface area contributed by atoms with Crippen LogP contribution in [0, 0.1) is 0 Å². The Bertz CT molecular complexity index is 693. The molecule has 1 aromatic heterocycles. The van der Waals surface area contributed by atoms with Crippen molar-refractivity contribution in [1.29, 1.82) is 0 Å². The second-order valence-corrected chi connectivity index (χ2v) is 6.49. The number of hydrogen-bond donors (Lipinski definition) is 0. The van der Waals surface area contributed by atoms with Crippen LogP contribution >= 0.6 is 11.3 Å². The first-order valence-corrected chi connectivity index (χ1v) is 7.79. The molecule has 5 heteroatoms. The van der Waals surface area contributed by atoms with E-state index in [2.05, 4.69) is 13.8 Å². The minimum absolute atomic E-state index is 0.0492. The van der Waals surface area contributed by atoms with Crippen molar-refractivity contribution in [2.75, 3.05) is 0 Å². The van der Waals surface area contributed by atoms with E-state index in [0.29, 0.717) is 0 Å². The number of fused-ring (bicyclic) bond motifs is 1. The second-order valence-electron chi connectivity index (χ2n) is 5.50. The molecule has 2 aromatic rings. The largest absolute Gasteiger partial charge is 0.336 e. The van der Waals surface area contributed by atoms with E-state index in [1.807, 2.05) is 29.2 Å². The lowest BCUT2D eigenvalue weighted by Gasteiger charge is -2.26. The van der Waals surface area contributed by atoms with E-state index in [4.69, 9.17) is 0 Å². The van der Waals surface area contributed by atoms with Gasteiger partial charge >= 0.3 is 4.87 Å². The van der Waals surface area contributed by atoms with Crippen molar-refractivity contribution in [3.05, 3.63) is 33.9 Å². The minimum atomic E-state index is -0.0564. The summed E-state index contributed by atoms with van der Waals surface area (Å²) in [6.07, 6.45) is 2.10. The van der Waals surface area contributed by atoms with E-state index >= 15 is 0 Å². The van der Waals surface area contributed by atoms with Gasteiger partial charge in [0.25, 0.3) is 0 Å². The SMILES string of the molecule is CC1CCC(C)N1C(=O)Cn1c(=O)sc2ccccc21. The highest BCUT2D eigenvalue weighted by atomic mass is 32.1. The number of para-hydroxylation sites is 1. The predicted molar refractivity (Wildman–Crippen MR) is 81.1 cm³/mol. The van der Waals surface area contributed by atoms with Gasteiger partial charge in [0.1, 0.15) is 6.54 Å². The van der Waals surface area contributed by atoms with Gasteiger partial charge in [-0.25, -0.2) is 0 Å². The van der Waals surface area contributed by atoms with Crippen molar-refractivity contribution < 1.29 is 4.79 Å². The Morgan fingerprint density at radius 1 is 1.25 bits per heavy atom. The smallest absolute Gasteiger partial charge is 0.308 e. The van der Waals surface area contributed by atoms with Crippen LogP contribution in [0.25, 0.3) is 10.2 Å². The molecule has 1 saturated heterocycles. The summed E-state index contributed by atoms with van der Waals surface area (Å²) in [5.74, 6) is 0.0492. The lowest BCUT2D eigenvalue weighted by molar-refractivity contribution is -0.134. The van der Waals surface area contributed by atoms with Crippen LogP contribution in [0.15, 0.2) is 29.1 Å². The Morgan fingerprint density at radius 2 is 1.90 bits per heavy atom. The van der Waals surface area contributed by atoms with Crippen LogP contribution < -0.4 is 4.87 Å². The van der Waals surface area contributed by atoms with Crippen LogP contribution in [0.5, 0.6) is 0 Å². The molecule has 2 atom stereocenters. The fourth-order valence-electron chi connectivity index (χ4n) is 3.07. The van der Waals surface area contributed by atoms with Crippen LogP contribution in [0.2, 0.25) is 0 Å². The lowest BCUT2D eigenvalue weighted by Crippen LogP contribution is -2.41. The average molecular weight is 290 g/mol. The van der Waals surface area contributed by atoms with Gasteiger partial charge in [-0.3, -0.25) is 14.2 Å². The van der Waals surface area contributed by atoms with Gasteiger partial charge in [0.2, 0.25) is 5.91 Å². The first kappa shape index (κ1) is 13.4. The highest BCUT2D eigenvalue weighted by Gasteiger charge is 2.31. The molecule has 0 spiro atoms. The zero-order valence-corrected chi connectivity index (χ0v) is 12.5. The number of nitrogens with zero attached hydrogens (tertiary/aromatic N) is 2. The van der Waals surface area contributed by atoms with Gasteiger partial charge in [0, 0.05) is 12.1 Å². The van der Waals surface area contributed by atoms with E-state index in [0.717, 1.165) is 23.1 Å². The Balaban J connectivity index is 1.92. The number of amides is 1. The van der Waals surface area contributed by atoms with E-state index in [-0.39, 0.29) is 29.4 Å². The lowest BCUT2D eigenvalue weighted by atomic mass is 10.2. The standard InChI is InChI=1S/C15H18N2O2S/c1-10-7-8-11(2)17(10)14(18)9-16-12-5-3-4-6-13(12)20-15(16)19/h3-6,10-11H,7-9H2,1-2H3. The van der Waals surface area contributed by atoms with Gasteiger partial charge < -0.3 is 4.90 Å². The van der Waals surface area contributed by atoms with Crippen molar-refractivity contribution in [2.24, 2.45) is 0 Å². The second kappa shape index (κ2) is 5.05. The molecule has 1 aromatic carbocycles. The quantitative estimate of drug-likeness (QED) is 0.852. The summed E-state index contributed by atoms with van der Waals surface area (Å²) in [7, 11) is 0. The fraction of sp³-hybridized carbons (Fsp3) is 0.467. The predicted octanol–water partition coefficient (Wildman–Crippen LogP) is 2.46. The maximum Gasteiger partial charge on any atom is 0.308 e. The average Bonchev–Trinajstić information content (AvgIpc) is 2.91. The summed E-state index contributed by atoms with van der Waals surface area (Å²) >= 11 is 1.20. The third-order valence-corrected chi connectivity index (χ3v) is 5.07. The maximum absolute atomic E-state index is 12.5. The van der Waals surface area contributed by atoms with Crippen molar-refractivity contribution in [1.82, 2.24) is 9.47 Å². The minimum Gasteiger partial charge on any atom is -0.336 e. The highest BCUT2D eigenvalue weighted by Crippen LogP contribution is 2.24. The van der Waals surface area contributed by atoms with Crippen molar-refractivity contribution in [2.45, 2.75) is 45.3 Å². The van der Waals surface area contributed by atoms with E-state index in [9.17, 15) is 9.59 Å². The molecule has 2 heterocycles. The number of hydrogen-bond acceptors (Lipinski definition) is 3. The Labute approximate surface area is 121 Å². The molecule has 0 bridgehead atoms. The molecule has 1 amide bonds. The first-order valence-electron chi connectivity index (χ1n) is 6.97. The van der Waals surface area contributed by atoms with Crippen LogP contribution in [0.4, 0.5) is 0 Å². The molecule has 0 aliphatic carbocycles. The molecule has 1 aliphatic heterocycles. The maximum atomic E-state index is 12.5. The van der Waals surface area contributed by atoms with Crippen LogP contribution in [0.1, 0.15) is 26.7 Å². The summed E-state index contributed by atoms with van der Waals surface area (Å²) < 4.78 is 2.54. The molecular formula is C15H18N2O2S. The highest BCUT2D eigenvalue weighted by molar-refractivity contribution is 7.16. The molecule has 106 valence electrons. The molecule has 20 heavy (non-hydrogen) atoms. The molecule has 0 radical (unpaired) electrons. The molecular weight excluding hydrogens is 272 g/mol. The van der Waals surface area contributed by atoms with Gasteiger partial charge in [-0.1, -0.05) is 23.5 Å². The zero-order valence-electron chi connectivity index (χ0n) is 11.7. The number of likely N-dealkylation sites (tertiary alicyclic amines) is 1.